The van der Waals surface area contributed by atoms with Crippen LogP contribution in [0, 0.1) is 0 Å². The summed E-state index contributed by atoms with van der Waals surface area (Å²) in [6.07, 6.45) is 4.35. The number of nitrogens with two attached hydrogens (primary N) is 1. The first-order chi connectivity index (χ1) is 8.96. The molecule has 1 aliphatic rings. The number of carbonyl (C=O) groups excluding carboxylic acids is 1. The second-order valence-electron chi connectivity index (χ2n) is 5.04. The summed E-state index contributed by atoms with van der Waals surface area (Å²) in [6.45, 7) is 3.56. The van der Waals surface area contributed by atoms with E-state index in [0.29, 0.717) is 19.4 Å². The van der Waals surface area contributed by atoms with Crippen LogP contribution in [0.5, 0.6) is 0 Å². The highest BCUT2D eigenvalue weighted by atomic mass is 32.2. The van der Waals surface area contributed by atoms with Crippen LogP contribution >= 0.6 is 0 Å². The third-order valence-corrected chi connectivity index (χ3v) is 4.80. The molecule has 0 bridgehead atoms. The van der Waals surface area contributed by atoms with Crippen LogP contribution in [0.1, 0.15) is 39.0 Å². The lowest BCUT2D eigenvalue weighted by molar-refractivity contribution is -0.133. The van der Waals surface area contributed by atoms with Gasteiger partial charge in [-0.05, 0) is 45.6 Å². The van der Waals surface area contributed by atoms with Gasteiger partial charge in [0.1, 0.15) is 0 Å². The molecule has 112 valence electrons. The predicted molar refractivity (Wildman–Crippen MR) is 75.1 cm³/mol. The van der Waals surface area contributed by atoms with E-state index in [9.17, 15) is 13.2 Å². The SMILES string of the molecule is CC(NS(=O)(=O)CCCCN)C(=O)N1CCCCC1. The fourth-order valence-corrected chi connectivity index (χ4v) is 3.54. The lowest BCUT2D eigenvalue weighted by Gasteiger charge is -2.29. The van der Waals surface area contributed by atoms with Crippen LogP contribution in [-0.4, -0.2) is 50.7 Å². The van der Waals surface area contributed by atoms with Crippen molar-refractivity contribution in [3.63, 3.8) is 0 Å². The minimum atomic E-state index is -3.39. The minimum absolute atomic E-state index is 0.0296. The highest BCUT2D eigenvalue weighted by Gasteiger charge is 2.25. The van der Waals surface area contributed by atoms with Crippen LogP contribution in [0.2, 0.25) is 0 Å². The predicted octanol–water partition coefficient (Wildman–Crippen LogP) is 0.0457. The minimum Gasteiger partial charge on any atom is -0.341 e. The lowest BCUT2D eigenvalue weighted by atomic mass is 10.1. The Morgan fingerprint density at radius 1 is 1.26 bits per heavy atom. The molecule has 1 heterocycles. The zero-order valence-electron chi connectivity index (χ0n) is 11.6. The molecule has 1 amide bonds. The van der Waals surface area contributed by atoms with E-state index in [1.165, 1.54) is 0 Å². The van der Waals surface area contributed by atoms with E-state index >= 15 is 0 Å². The summed E-state index contributed by atoms with van der Waals surface area (Å²) in [5, 5.41) is 0. The van der Waals surface area contributed by atoms with Crippen molar-refractivity contribution >= 4 is 15.9 Å². The molecule has 6 nitrogen and oxygen atoms in total. The third-order valence-electron chi connectivity index (χ3n) is 3.26. The number of nitrogens with zero attached hydrogens (tertiary/aromatic N) is 1. The maximum atomic E-state index is 12.1. The molecule has 0 spiro atoms. The summed E-state index contributed by atoms with van der Waals surface area (Å²) < 4.78 is 26.0. The molecule has 0 aromatic carbocycles. The topological polar surface area (TPSA) is 92.5 Å². The number of unbranched alkanes of at least 4 members (excludes halogenated alkanes) is 1. The van der Waals surface area contributed by atoms with Crippen LogP contribution in [0.3, 0.4) is 0 Å². The normalized spacial score (nSPS) is 18.3. The number of hydrogen-bond acceptors (Lipinski definition) is 4. The molecule has 0 radical (unpaired) electrons. The van der Waals surface area contributed by atoms with Gasteiger partial charge in [-0.15, -0.1) is 0 Å². The molecule has 19 heavy (non-hydrogen) atoms. The number of likely N-dealkylation sites (tertiary alicyclic amines) is 1. The van der Waals surface area contributed by atoms with Gasteiger partial charge in [-0.1, -0.05) is 0 Å². The van der Waals surface area contributed by atoms with Crippen LogP contribution in [0.25, 0.3) is 0 Å². The maximum absolute atomic E-state index is 12.1. The molecule has 0 aromatic rings. The van der Waals surface area contributed by atoms with Gasteiger partial charge in [-0.2, -0.15) is 0 Å². The van der Waals surface area contributed by atoms with Gasteiger partial charge < -0.3 is 10.6 Å². The molecule has 1 rings (SSSR count). The standard InChI is InChI=1S/C12H25N3O3S/c1-11(12(16)15-8-4-2-5-9-15)14-19(17,18)10-6-3-7-13/h11,14H,2-10,13H2,1H3. The summed E-state index contributed by atoms with van der Waals surface area (Å²) in [5.41, 5.74) is 5.33. The monoisotopic (exact) mass is 291 g/mol. The number of amides is 1. The first-order valence-corrected chi connectivity index (χ1v) is 8.60. The van der Waals surface area contributed by atoms with E-state index < -0.39 is 16.1 Å². The third kappa shape index (κ3) is 5.88. The molecule has 1 aliphatic heterocycles. The molecule has 3 N–H and O–H groups in total. The summed E-state index contributed by atoms with van der Waals surface area (Å²) in [5.74, 6) is -0.0935. The van der Waals surface area contributed by atoms with E-state index in [0.717, 1.165) is 32.4 Å². The zero-order valence-corrected chi connectivity index (χ0v) is 12.4. The second kappa shape index (κ2) is 7.81. The molecule has 7 heteroatoms. The van der Waals surface area contributed by atoms with E-state index in [2.05, 4.69) is 4.72 Å². The number of rotatable bonds is 7. The first-order valence-electron chi connectivity index (χ1n) is 6.95. The van der Waals surface area contributed by atoms with Crippen molar-refractivity contribution in [2.75, 3.05) is 25.4 Å². The van der Waals surface area contributed by atoms with Crippen molar-refractivity contribution in [2.45, 2.75) is 45.1 Å². The average Bonchev–Trinajstić information content (AvgIpc) is 2.38. The van der Waals surface area contributed by atoms with Crippen LogP contribution in [-0.2, 0) is 14.8 Å². The summed E-state index contributed by atoms with van der Waals surface area (Å²) in [4.78, 5) is 13.8. The van der Waals surface area contributed by atoms with Crippen molar-refractivity contribution < 1.29 is 13.2 Å². The molecule has 0 saturated carbocycles. The fraction of sp³-hybridized carbons (Fsp3) is 0.917. The Balaban J connectivity index is 2.43. The van der Waals surface area contributed by atoms with Gasteiger partial charge in [0.2, 0.25) is 15.9 Å². The molecular formula is C12H25N3O3S. The van der Waals surface area contributed by atoms with Crippen molar-refractivity contribution in [3.05, 3.63) is 0 Å². The summed E-state index contributed by atoms with van der Waals surface area (Å²) >= 11 is 0. The highest BCUT2D eigenvalue weighted by molar-refractivity contribution is 7.89. The van der Waals surface area contributed by atoms with E-state index in [1.807, 2.05) is 0 Å². The van der Waals surface area contributed by atoms with Gasteiger partial charge in [0, 0.05) is 13.1 Å². The number of carbonyl (C=O) groups is 1. The van der Waals surface area contributed by atoms with Gasteiger partial charge in [-0.25, -0.2) is 13.1 Å². The average molecular weight is 291 g/mol. The molecule has 0 aliphatic carbocycles. The molecule has 1 saturated heterocycles. The molecule has 1 atom stereocenters. The highest BCUT2D eigenvalue weighted by Crippen LogP contribution is 2.10. The summed E-state index contributed by atoms with van der Waals surface area (Å²) in [7, 11) is -3.39. The Kier molecular flexibility index (Phi) is 6.74. The van der Waals surface area contributed by atoms with Crippen molar-refractivity contribution in [2.24, 2.45) is 5.73 Å². The second-order valence-corrected chi connectivity index (χ2v) is 6.91. The first kappa shape index (κ1) is 16.4. The van der Waals surface area contributed by atoms with Crippen LogP contribution in [0.4, 0.5) is 0 Å². The Labute approximate surface area is 115 Å². The van der Waals surface area contributed by atoms with Gasteiger partial charge in [0.25, 0.3) is 0 Å². The number of hydrogen-bond donors (Lipinski definition) is 2. The van der Waals surface area contributed by atoms with Crippen molar-refractivity contribution in [1.82, 2.24) is 9.62 Å². The Morgan fingerprint density at radius 2 is 1.89 bits per heavy atom. The number of piperidine rings is 1. The Bertz CT molecular complexity index is 378. The zero-order chi connectivity index (χ0) is 14.3. The smallest absolute Gasteiger partial charge is 0.240 e. The molecule has 0 aromatic heterocycles. The van der Waals surface area contributed by atoms with Crippen LogP contribution < -0.4 is 10.5 Å². The largest absolute Gasteiger partial charge is 0.341 e. The van der Waals surface area contributed by atoms with E-state index in [1.54, 1.807) is 11.8 Å². The quantitative estimate of drug-likeness (QED) is 0.648. The van der Waals surface area contributed by atoms with Crippen molar-refractivity contribution in [3.8, 4) is 0 Å². The Morgan fingerprint density at radius 3 is 2.47 bits per heavy atom. The van der Waals surface area contributed by atoms with Gasteiger partial charge in [-0.3, -0.25) is 4.79 Å². The maximum Gasteiger partial charge on any atom is 0.240 e. The molecule has 1 fully saturated rings. The summed E-state index contributed by atoms with van der Waals surface area (Å²) in [6, 6.07) is -0.680. The van der Waals surface area contributed by atoms with Gasteiger partial charge in [0.05, 0.1) is 11.8 Å². The number of nitrogens with one attached hydrogen (secondary N) is 1. The van der Waals surface area contributed by atoms with Crippen LogP contribution in [0.15, 0.2) is 0 Å². The molecule has 1 unspecified atom stereocenters. The van der Waals surface area contributed by atoms with E-state index in [4.69, 9.17) is 5.73 Å². The fourth-order valence-electron chi connectivity index (χ4n) is 2.20. The lowest BCUT2D eigenvalue weighted by Crippen LogP contribution is -2.48. The Hall–Kier alpha value is -0.660. The van der Waals surface area contributed by atoms with E-state index in [-0.39, 0.29) is 11.7 Å². The molecular weight excluding hydrogens is 266 g/mol. The van der Waals surface area contributed by atoms with Gasteiger partial charge in [0.15, 0.2) is 0 Å². The number of sulfonamides is 1. The van der Waals surface area contributed by atoms with Gasteiger partial charge >= 0.3 is 0 Å². The van der Waals surface area contributed by atoms with Crippen molar-refractivity contribution in [1.29, 1.82) is 0 Å².